The van der Waals surface area contributed by atoms with Crippen LogP contribution in [-0.2, 0) is 0 Å². The smallest absolute Gasteiger partial charge is 0.322 e. The van der Waals surface area contributed by atoms with Gasteiger partial charge in [-0.2, -0.15) is 15.0 Å². The van der Waals surface area contributed by atoms with Crippen LogP contribution in [0.4, 0.5) is 5.95 Å². The van der Waals surface area contributed by atoms with Gasteiger partial charge in [-0.3, -0.25) is 0 Å². The lowest BCUT2D eigenvalue weighted by molar-refractivity contribution is 0.280. The topological polar surface area (TPSA) is 51.1 Å². The van der Waals surface area contributed by atoms with Gasteiger partial charge >= 0.3 is 6.01 Å². The number of anilines is 1. The molecule has 0 saturated carbocycles. The molecule has 1 aliphatic rings. The molecule has 0 bridgehead atoms. The zero-order valence-electron chi connectivity index (χ0n) is 12.1. The predicted molar refractivity (Wildman–Crippen MR) is 80.5 cm³/mol. The van der Waals surface area contributed by atoms with Gasteiger partial charge in [-0.25, -0.2) is 0 Å². The molecule has 2 heterocycles. The second kappa shape index (κ2) is 8.25. The van der Waals surface area contributed by atoms with Crippen LogP contribution in [0.3, 0.4) is 0 Å². The Kier molecular flexibility index (Phi) is 6.30. The third-order valence-corrected chi connectivity index (χ3v) is 3.61. The predicted octanol–water partition coefficient (Wildman–Crippen LogP) is 3.47. The van der Waals surface area contributed by atoms with Crippen molar-refractivity contribution >= 4 is 17.5 Å². The summed E-state index contributed by atoms with van der Waals surface area (Å²) in [7, 11) is 0. The molecule has 0 spiro atoms. The van der Waals surface area contributed by atoms with Crippen LogP contribution in [0.1, 0.15) is 51.9 Å². The van der Waals surface area contributed by atoms with Gasteiger partial charge in [0.05, 0.1) is 6.61 Å². The normalized spacial score (nSPS) is 15.4. The molecule has 0 atom stereocenters. The Balaban J connectivity index is 1.90. The van der Waals surface area contributed by atoms with Gasteiger partial charge < -0.3 is 9.64 Å². The summed E-state index contributed by atoms with van der Waals surface area (Å²) in [4.78, 5) is 14.8. The Morgan fingerprint density at radius 2 is 1.85 bits per heavy atom. The molecule has 0 aromatic carbocycles. The second-order valence-electron chi connectivity index (χ2n) is 5.14. The van der Waals surface area contributed by atoms with Crippen molar-refractivity contribution in [2.24, 2.45) is 0 Å². The molecule has 1 fully saturated rings. The van der Waals surface area contributed by atoms with E-state index in [1.165, 1.54) is 38.5 Å². The molecular weight excluding hydrogens is 276 g/mol. The number of rotatable bonds is 7. The van der Waals surface area contributed by atoms with Crippen molar-refractivity contribution in [1.29, 1.82) is 0 Å². The summed E-state index contributed by atoms with van der Waals surface area (Å²) in [6, 6.07) is 0.349. The zero-order valence-corrected chi connectivity index (χ0v) is 12.9. The van der Waals surface area contributed by atoms with Crippen molar-refractivity contribution in [3.63, 3.8) is 0 Å². The summed E-state index contributed by atoms with van der Waals surface area (Å²) in [6.45, 7) is 4.80. The quantitative estimate of drug-likeness (QED) is 0.721. The Hall–Kier alpha value is -1.10. The van der Waals surface area contributed by atoms with Crippen LogP contribution in [-0.4, -0.2) is 34.6 Å². The maximum atomic E-state index is 5.96. The van der Waals surface area contributed by atoms with Crippen LogP contribution in [0.2, 0.25) is 5.28 Å². The van der Waals surface area contributed by atoms with Gasteiger partial charge in [0, 0.05) is 13.1 Å². The molecule has 1 aromatic heterocycles. The van der Waals surface area contributed by atoms with E-state index in [2.05, 4.69) is 26.8 Å². The number of piperidine rings is 1. The van der Waals surface area contributed by atoms with Crippen molar-refractivity contribution in [2.75, 3.05) is 24.6 Å². The molecule has 5 nitrogen and oxygen atoms in total. The highest BCUT2D eigenvalue weighted by Crippen LogP contribution is 2.19. The molecule has 2 rings (SSSR count). The lowest BCUT2D eigenvalue weighted by Gasteiger charge is -2.26. The van der Waals surface area contributed by atoms with Crippen LogP contribution in [0.25, 0.3) is 0 Å². The summed E-state index contributed by atoms with van der Waals surface area (Å²) >= 11 is 5.96. The summed E-state index contributed by atoms with van der Waals surface area (Å²) in [5.41, 5.74) is 0. The van der Waals surface area contributed by atoms with Crippen molar-refractivity contribution in [1.82, 2.24) is 15.0 Å². The largest absolute Gasteiger partial charge is 0.463 e. The molecule has 0 amide bonds. The third-order valence-electron chi connectivity index (χ3n) is 3.44. The molecule has 6 heteroatoms. The summed E-state index contributed by atoms with van der Waals surface area (Å²) in [5, 5.41) is 0.212. The van der Waals surface area contributed by atoms with E-state index in [0.717, 1.165) is 19.5 Å². The van der Waals surface area contributed by atoms with Gasteiger partial charge in [0.25, 0.3) is 0 Å². The number of ether oxygens (including phenoxy) is 1. The van der Waals surface area contributed by atoms with Crippen molar-refractivity contribution in [3.05, 3.63) is 5.28 Å². The van der Waals surface area contributed by atoms with Gasteiger partial charge in [0.1, 0.15) is 0 Å². The molecule has 0 radical (unpaired) electrons. The monoisotopic (exact) mass is 298 g/mol. The Labute approximate surface area is 125 Å². The van der Waals surface area contributed by atoms with Crippen LogP contribution < -0.4 is 9.64 Å². The molecule has 1 saturated heterocycles. The van der Waals surface area contributed by atoms with Crippen LogP contribution in [0.15, 0.2) is 0 Å². The highest BCUT2D eigenvalue weighted by molar-refractivity contribution is 6.28. The number of hydrogen-bond acceptors (Lipinski definition) is 5. The average molecular weight is 299 g/mol. The molecule has 1 aliphatic heterocycles. The van der Waals surface area contributed by atoms with E-state index in [0.29, 0.717) is 18.6 Å². The molecular formula is C14H23ClN4O. The first-order chi connectivity index (χ1) is 9.79. The van der Waals surface area contributed by atoms with Crippen LogP contribution in [0, 0.1) is 0 Å². The van der Waals surface area contributed by atoms with Gasteiger partial charge in [-0.1, -0.05) is 26.2 Å². The molecule has 1 aromatic rings. The van der Waals surface area contributed by atoms with E-state index in [1.54, 1.807) is 0 Å². The minimum atomic E-state index is 0.212. The summed E-state index contributed by atoms with van der Waals surface area (Å²) < 4.78 is 5.59. The van der Waals surface area contributed by atoms with Gasteiger partial charge in [0.2, 0.25) is 11.2 Å². The standard InChI is InChI=1S/C14H23ClN4O/c1-2-3-4-8-11-20-14-17-12(15)16-13(18-14)19-9-6-5-7-10-19/h2-11H2,1H3. The van der Waals surface area contributed by atoms with Crippen molar-refractivity contribution in [2.45, 2.75) is 51.9 Å². The van der Waals surface area contributed by atoms with Gasteiger partial charge in [-0.05, 0) is 37.3 Å². The number of hydrogen-bond donors (Lipinski definition) is 0. The fourth-order valence-corrected chi connectivity index (χ4v) is 2.46. The number of halogens is 1. The van der Waals surface area contributed by atoms with E-state index in [-0.39, 0.29) is 5.28 Å². The average Bonchev–Trinajstić information content (AvgIpc) is 2.47. The minimum absolute atomic E-state index is 0.212. The first-order valence-electron chi connectivity index (χ1n) is 7.59. The fourth-order valence-electron chi connectivity index (χ4n) is 2.31. The lowest BCUT2D eigenvalue weighted by atomic mass is 10.1. The van der Waals surface area contributed by atoms with E-state index >= 15 is 0 Å². The molecule has 112 valence electrons. The molecule has 0 unspecified atom stereocenters. The molecule has 20 heavy (non-hydrogen) atoms. The first-order valence-corrected chi connectivity index (χ1v) is 7.96. The van der Waals surface area contributed by atoms with E-state index in [9.17, 15) is 0 Å². The highest BCUT2D eigenvalue weighted by atomic mass is 35.5. The number of nitrogens with zero attached hydrogens (tertiary/aromatic N) is 4. The van der Waals surface area contributed by atoms with Crippen molar-refractivity contribution < 1.29 is 4.74 Å². The van der Waals surface area contributed by atoms with Crippen molar-refractivity contribution in [3.8, 4) is 6.01 Å². The molecule has 0 aliphatic carbocycles. The maximum absolute atomic E-state index is 5.96. The Morgan fingerprint density at radius 3 is 2.60 bits per heavy atom. The van der Waals surface area contributed by atoms with Crippen LogP contribution >= 0.6 is 11.6 Å². The third kappa shape index (κ3) is 4.78. The first kappa shape index (κ1) is 15.3. The van der Waals surface area contributed by atoms with E-state index in [1.807, 2.05) is 0 Å². The SMILES string of the molecule is CCCCCCOc1nc(Cl)nc(N2CCCCC2)n1. The number of aromatic nitrogens is 3. The molecule has 0 N–H and O–H groups in total. The lowest BCUT2D eigenvalue weighted by Crippen LogP contribution is -2.31. The van der Waals surface area contributed by atoms with Gasteiger partial charge in [-0.15, -0.1) is 0 Å². The van der Waals surface area contributed by atoms with E-state index in [4.69, 9.17) is 16.3 Å². The Bertz CT molecular complexity index is 410. The zero-order chi connectivity index (χ0) is 14.2. The van der Waals surface area contributed by atoms with Crippen LogP contribution in [0.5, 0.6) is 6.01 Å². The minimum Gasteiger partial charge on any atom is -0.463 e. The number of unbranched alkanes of at least 4 members (excludes halogenated alkanes) is 3. The highest BCUT2D eigenvalue weighted by Gasteiger charge is 2.16. The summed E-state index contributed by atoms with van der Waals surface area (Å²) in [5.74, 6) is 0.647. The second-order valence-corrected chi connectivity index (χ2v) is 5.48. The fraction of sp³-hybridized carbons (Fsp3) is 0.786. The maximum Gasteiger partial charge on any atom is 0.322 e. The Morgan fingerprint density at radius 1 is 1.05 bits per heavy atom. The van der Waals surface area contributed by atoms with Gasteiger partial charge in [0.15, 0.2) is 0 Å². The summed E-state index contributed by atoms with van der Waals surface area (Å²) in [6.07, 6.45) is 8.28. The van der Waals surface area contributed by atoms with E-state index < -0.39 is 0 Å².